The molecule has 1 amide bonds. The van der Waals surface area contributed by atoms with Crippen molar-refractivity contribution >= 4 is 17.3 Å². The lowest BCUT2D eigenvalue weighted by Crippen LogP contribution is -2.35. The second-order valence-electron chi connectivity index (χ2n) is 5.47. The lowest BCUT2D eigenvalue weighted by molar-refractivity contribution is -0.121. The summed E-state index contributed by atoms with van der Waals surface area (Å²) in [5.74, 6) is 1.22. The third-order valence-corrected chi connectivity index (χ3v) is 3.71. The van der Waals surface area contributed by atoms with Crippen LogP contribution in [0.2, 0.25) is 0 Å². The van der Waals surface area contributed by atoms with Crippen LogP contribution in [0.15, 0.2) is 53.6 Å². The maximum atomic E-state index is 12.2. The number of hydrazone groups is 1. The van der Waals surface area contributed by atoms with Crippen LogP contribution in [0.25, 0.3) is 0 Å². The SMILES string of the molecule is COc1ccc(C(C)=NNC(=O)[C@@H](C)Nc2ccccc2OC)cc1. The van der Waals surface area contributed by atoms with Crippen LogP contribution in [-0.2, 0) is 4.79 Å². The molecule has 0 saturated carbocycles. The van der Waals surface area contributed by atoms with Crippen molar-refractivity contribution < 1.29 is 14.3 Å². The highest BCUT2D eigenvalue weighted by Crippen LogP contribution is 2.23. The van der Waals surface area contributed by atoms with E-state index in [9.17, 15) is 4.79 Å². The first-order chi connectivity index (χ1) is 12.0. The molecule has 2 aromatic carbocycles. The molecule has 2 rings (SSSR count). The summed E-state index contributed by atoms with van der Waals surface area (Å²) in [6.45, 7) is 3.60. The van der Waals surface area contributed by atoms with Gasteiger partial charge in [0, 0.05) is 0 Å². The maximum absolute atomic E-state index is 12.2. The number of nitrogens with one attached hydrogen (secondary N) is 2. The zero-order valence-corrected chi connectivity index (χ0v) is 14.9. The van der Waals surface area contributed by atoms with Crippen LogP contribution < -0.4 is 20.2 Å². The van der Waals surface area contributed by atoms with Crippen LogP contribution in [0, 0.1) is 0 Å². The highest BCUT2D eigenvalue weighted by Gasteiger charge is 2.14. The molecule has 132 valence electrons. The summed E-state index contributed by atoms with van der Waals surface area (Å²) >= 11 is 0. The van der Waals surface area contributed by atoms with E-state index < -0.39 is 6.04 Å². The molecule has 0 radical (unpaired) electrons. The van der Waals surface area contributed by atoms with Crippen LogP contribution in [-0.4, -0.2) is 31.9 Å². The predicted octanol–water partition coefficient (Wildman–Crippen LogP) is 3.04. The molecule has 6 nitrogen and oxygen atoms in total. The first-order valence-electron chi connectivity index (χ1n) is 7.93. The molecular weight excluding hydrogens is 318 g/mol. The van der Waals surface area contributed by atoms with Crippen LogP contribution >= 0.6 is 0 Å². The van der Waals surface area contributed by atoms with Gasteiger partial charge in [-0.3, -0.25) is 4.79 Å². The van der Waals surface area contributed by atoms with Crippen molar-refractivity contribution in [3.05, 3.63) is 54.1 Å². The summed E-state index contributed by atoms with van der Waals surface area (Å²) in [4.78, 5) is 12.2. The fraction of sp³-hybridized carbons (Fsp3) is 0.263. The number of rotatable bonds is 7. The summed E-state index contributed by atoms with van der Waals surface area (Å²) in [7, 11) is 3.21. The van der Waals surface area contributed by atoms with Gasteiger partial charge in [0.15, 0.2) is 0 Å². The average molecular weight is 341 g/mol. The molecule has 1 atom stereocenters. The van der Waals surface area contributed by atoms with Crippen LogP contribution in [0.4, 0.5) is 5.69 Å². The molecule has 0 heterocycles. The number of nitrogens with zero attached hydrogens (tertiary/aromatic N) is 1. The molecule has 0 spiro atoms. The summed E-state index contributed by atoms with van der Waals surface area (Å²) in [5.41, 5.74) is 4.95. The van der Waals surface area contributed by atoms with Gasteiger partial charge in [0.2, 0.25) is 0 Å². The quantitative estimate of drug-likeness (QED) is 0.600. The minimum Gasteiger partial charge on any atom is -0.497 e. The number of amides is 1. The Morgan fingerprint density at radius 2 is 1.72 bits per heavy atom. The Kier molecular flexibility index (Phi) is 6.39. The van der Waals surface area contributed by atoms with E-state index in [4.69, 9.17) is 9.47 Å². The van der Waals surface area contributed by atoms with Gasteiger partial charge in [-0.15, -0.1) is 0 Å². The van der Waals surface area contributed by atoms with E-state index in [1.807, 2.05) is 55.5 Å². The van der Waals surface area contributed by atoms with E-state index in [1.165, 1.54) is 0 Å². The van der Waals surface area contributed by atoms with E-state index in [2.05, 4.69) is 15.8 Å². The first-order valence-corrected chi connectivity index (χ1v) is 7.93. The lowest BCUT2D eigenvalue weighted by atomic mass is 10.1. The Balaban J connectivity index is 1.97. The molecule has 0 fully saturated rings. The van der Waals surface area contributed by atoms with Crippen LogP contribution in [0.5, 0.6) is 11.5 Å². The summed E-state index contributed by atoms with van der Waals surface area (Å²) in [6, 6.07) is 14.4. The van der Waals surface area contributed by atoms with Gasteiger partial charge in [-0.25, -0.2) is 5.43 Å². The van der Waals surface area contributed by atoms with E-state index in [-0.39, 0.29) is 5.91 Å². The standard InChI is InChI=1S/C19H23N3O3/c1-13(15-9-11-16(24-3)12-10-15)21-22-19(23)14(2)20-17-7-5-6-8-18(17)25-4/h5-12,14,20H,1-4H3,(H,22,23)/t14-/m1/s1. The summed E-state index contributed by atoms with van der Waals surface area (Å²) in [6.07, 6.45) is 0. The van der Waals surface area contributed by atoms with Crippen LogP contribution in [0.3, 0.4) is 0 Å². The Morgan fingerprint density at radius 1 is 1.04 bits per heavy atom. The second kappa shape index (κ2) is 8.73. The van der Waals surface area contributed by atoms with Crippen molar-refractivity contribution in [3.8, 4) is 11.5 Å². The van der Waals surface area contributed by atoms with Gasteiger partial charge in [0.05, 0.1) is 25.6 Å². The normalized spacial score (nSPS) is 12.2. The predicted molar refractivity (Wildman–Crippen MR) is 99.4 cm³/mol. The van der Waals surface area contributed by atoms with Gasteiger partial charge in [-0.1, -0.05) is 12.1 Å². The van der Waals surface area contributed by atoms with Crippen molar-refractivity contribution in [2.75, 3.05) is 19.5 Å². The number of carbonyl (C=O) groups excluding carboxylic acids is 1. The largest absolute Gasteiger partial charge is 0.497 e. The Morgan fingerprint density at radius 3 is 2.36 bits per heavy atom. The zero-order chi connectivity index (χ0) is 18.2. The number of para-hydroxylation sites is 2. The molecule has 0 saturated heterocycles. The summed E-state index contributed by atoms with van der Waals surface area (Å²) < 4.78 is 10.4. The van der Waals surface area contributed by atoms with Gasteiger partial charge < -0.3 is 14.8 Å². The molecule has 0 bridgehead atoms. The molecular formula is C19H23N3O3. The molecule has 0 aliphatic rings. The number of methoxy groups -OCH3 is 2. The molecule has 2 N–H and O–H groups in total. The second-order valence-corrected chi connectivity index (χ2v) is 5.47. The van der Waals surface area contributed by atoms with Gasteiger partial charge in [0.1, 0.15) is 17.5 Å². The third-order valence-electron chi connectivity index (χ3n) is 3.71. The van der Waals surface area contributed by atoms with Crippen molar-refractivity contribution in [2.45, 2.75) is 19.9 Å². The van der Waals surface area contributed by atoms with Crippen molar-refractivity contribution in [2.24, 2.45) is 5.10 Å². The van der Waals surface area contributed by atoms with Crippen molar-refractivity contribution in [1.82, 2.24) is 5.43 Å². The Hall–Kier alpha value is -3.02. The van der Waals surface area contributed by atoms with Crippen molar-refractivity contribution in [1.29, 1.82) is 0 Å². The minimum atomic E-state index is -0.469. The van der Waals surface area contributed by atoms with Gasteiger partial charge in [-0.05, 0) is 55.8 Å². The zero-order valence-electron chi connectivity index (χ0n) is 14.9. The lowest BCUT2D eigenvalue weighted by Gasteiger charge is -2.16. The molecule has 0 aromatic heterocycles. The van der Waals surface area contributed by atoms with E-state index >= 15 is 0 Å². The van der Waals surface area contributed by atoms with Gasteiger partial charge in [0.25, 0.3) is 5.91 Å². The Bertz CT molecular complexity index is 742. The van der Waals surface area contributed by atoms with E-state index in [1.54, 1.807) is 21.1 Å². The molecule has 0 aliphatic heterocycles. The van der Waals surface area contributed by atoms with E-state index in [0.29, 0.717) is 11.5 Å². The molecule has 25 heavy (non-hydrogen) atoms. The molecule has 6 heteroatoms. The number of hydrogen-bond acceptors (Lipinski definition) is 5. The Labute approximate surface area is 147 Å². The highest BCUT2D eigenvalue weighted by atomic mass is 16.5. The number of anilines is 1. The summed E-state index contributed by atoms with van der Waals surface area (Å²) in [5, 5.41) is 7.28. The van der Waals surface area contributed by atoms with Gasteiger partial charge >= 0.3 is 0 Å². The highest BCUT2D eigenvalue weighted by molar-refractivity contribution is 5.99. The monoisotopic (exact) mass is 341 g/mol. The fourth-order valence-corrected chi connectivity index (χ4v) is 2.20. The molecule has 0 aliphatic carbocycles. The number of hydrogen-bond donors (Lipinski definition) is 2. The number of ether oxygens (including phenoxy) is 2. The fourth-order valence-electron chi connectivity index (χ4n) is 2.20. The number of carbonyl (C=O) groups is 1. The minimum absolute atomic E-state index is 0.237. The topological polar surface area (TPSA) is 72.0 Å². The van der Waals surface area contributed by atoms with Gasteiger partial charge in [-0.2, -0.15) is 5.10 Å². The first kappa shape index (κ1) is 18.3. The van der Waals surface area contributed by atoms with Crippen molar-refractivity contribution in [3.63, 3.8) is 0 Å². The molecule has 2 aromatic rings. The van der Waals surface area contributed by atoms with E-state index in [0.717, 1.165) is 17.0 Å². The smallest absolute Gasteiger partial charge is 0.262 e. The average Bonchev–Trinajstić information content (AvgIpc) is 2.66. The maximum Gasteiger partial charge on any atom is 0.262 e. The third kappa shape index (κ3) is 4.97. The van der Waals surface area contributed by atoms with Crippen LogP contribution in [0.1, 0.15) is 19.4 Å². The number of benzene rings is 2. The molecule has 0 unspecified atom stereocenters.